The van der Waals surface area contributed by atoms with Crippen molar-refractivity contribution in [2.45, 2.75) is 45.6 Å². The fourth-order valence-corrected chi connectivity index (χ4v) is 4.66. The summed E-state index contributed by atoms with van der Waals surface area (Å²) in [5.74, 6) is -1.28. The predicted molar refractivity (Wildman–Crippen MR) is 116 cm³/mol. The summed E-state index contributed by atoms with van der Waals surface area (Å²) in [7, 11) is 0. The van der Waals surface area contributed by atoms with E-state index in [1.165, 1.54) is 12.1 Å². The fourth-order valence-electron chi connectivity index (χ4n) is 4.47. The summed E-state index contributed by atoms with van der Waals surface area (Å²) in [5.41, 5.74) is 2.39. The first-order valence-electron chi connectivity index (χ1n) is 11.0. The minimum atomic E-state index is -0.663. The molecule has 0 atom stereocenters. The van der Waals surface area contributed by atoms with E-state index in [4.69, 9.17) is 26.2 Å². The zero-order valence-electron chi connectivity index (χ0n) is 18.1. The van der Waals surface area contributed by atoms with Crippen LogP contribution in [0.25, 0.3) is 0 Å². The third-order valence-electron chi connectivity index (χ3n) is 6.31. The van der Waals surface area contributed by atoms with E-state index in [9.17, 15) is 14.0 Å². The Bertz CT molecular complexity index is 1020. The van der Waals surface area contributed by atoms with Crippen LogP contribution in [0.1, 0.15) is 58.3 Å². The molecule has 1 N–H and O–H groups in total. The molecule has 0 bridgehead atoms. The van der Waals surface area contributed by atoms with Gasteiger partial charge in [0.25, 0.3) is 5.91 Å². The van der Waals surface area contributed by atoms with Gasteiger partial charge < -0.3 is 14.8 Å². The zero-order chi connectivity index (χ0) is 22.7. The largest absolute Gasteiger partial charge is 0.462 e. The van der Waals surface area contributed by atoms with Crippen LogP contribution < -0.4 is 5.32 Å². The Kier molecular flexibility index (Phi) is 6.81. The molecule has 1 spiro atoms. The van der Waals surface area contributed by atoms with Crippen LogP contribution in [0.3, 0.4) is 0 Å². The molecule has 2 aliphatic rings. The maximum Gasteiger partial charge on any atom is 0.339 e. The molecule has 0 radical (unpaired) electrons. The zero-order valence-corrected chi connectivity index (χ0v) is 18.8. The summed E-state index contributed by atoms with van der Waals surface area (Å²) >= 11 is 5.97. The Labute approximate surface area is 191 Å². The van der Waals surface area contributed by atoms with E-state index >= 15 is 0 Å². The average Bonchev–Trinajstić information content (AvgIpc) is 3.07. The third-order valence-corrected chi connectivity index (χ3v) is 6.64. The number of rotatable bonds is 6. The number of hydrogen-bond acceptors (Lipinski definition) is 5. The van der Waals surface area contributed by atoms with Gasteiger partial charge in [-0.1, -0.05) is 18.5 Å². The Morgan fingerprint density at radius 1 is 1.38 bits per heavy atom. The number of aromatic nitrogens is 2. The lowest BCUT2D eigenvalue weighted by molar-refractivity contribution is 0.0152. The Hall–Kier alpha value is -2.45. The number of ether oxygens (including phenoxy) is 2. The monoisotopic (exact) mass is 463 g/mol. The molecule has 1 amide bonds. The molecule has 1 saturated heterocycles. The van der Waals surface area contributed by atoms with Crippen molar-refractivity contribution >= 4 is 23.5 Å². The van der Waals surface area contributed by atoms with Crippen LogP contribution in [0.2, 0.25) is 5.02 Å². The van der Waals surface area contributed by atoms with Gasteiger partial charge in [-0.15, -0.1) is 0 Å². The second-order valence-electron chi connectivity index (χ2n) is 8.43. The lowest BCUT2D eigenvalue weighted by atomic mass is 9.76. The van der Waals surface area contributed by atoms with Crippen molar-refractivity contribution in [2.24, 2.45) is 5.41 Å². The van der Waals surface area contributed by atoms with E-state index < -0.39 is 11.8 Å². The van der Waals surface area contributed by atoms with Gasteiger partial charge in [0.2, 0.25) is 0 Å². The Balaban J connectivity index is 1.46. The number of aryl methyl sites for hydroxylation is 2. The number of halogens is 2. The summed E-state index contributed by atoms with van der Waals surface area (Å²) in [6.45, 7) is 4.65. The van der Waals surface area contributed by atoms with Gasteiger partial charge in [-0.25, -0.2) is 9.18 Å². The molecule has 1 fully saturated rings. The van der Waals surface area contributed by atoms with Crippen molar-refractivity contribution < 1.29 is 23.5 Å². The number of nitrogens with one attached hydrogen (secondary N) is 1. The highest BCUT2D eigenvalue weighted by Gasteiger charge is 2.39. The topological polar surface area (TPSA) is 82.5 Å². The summed E-state index contributed by atoms with van der Waals surface area (Å²) in [6.07, 6.45) is 3.71. The normalized spacial score (nSPS) is 17.5. The first kappa shape index (κ1) is 22.7. The van der Waals surface area contributed by atoms with Gasteiger partial charge in [0.1, 0.15) is 5.82 Å². The van der Waals surface area contributed by atoms with Gasteiger partial charge in [0.15, 0.2) is 0 Å². The van der Waals surface area contributed by atoms with Crippen molar-refractivity contribution in [3.05, 3.63) is 51.6 Å². The second kappa shape index (κ2) is 9.58. The molecule has 9 heteroatoms. The number of nitrogens with zero attached hydrogens (tertiary/aromatic N) is 2. The summed E-state index contributed by atoms with van der Waals surface area (Å²) in [5, 5.41) is 7.94. The van der Waals surface area contributed by atoms with Gasteiger partial charge in [-0.2, -0.15) is 5.10 Å². The maximum absolute atomic E-state index is 13.4. The van der Waals surface area contributed by atoms with Crippen LogP contribution in [-0.4, -0.2) is 48.0 Å². The molecule has 0 saturated carbocycles. The van der Waals surface area contributed by atoms with Gasteiger partial charge in [0.05, 0.1) is 34.1 Å². The lowest BCUT2D eigenvalue weighted by Gasteiger charge is -2.36. The number of carbonyl (C=O) groups is 2. The first-order valence-corrected chi connectivity index (χ1v) is 11.4. The van der Waals surface area contributed by atoms with Gasteiger partial charge >= 0.3 is 5.97 Å². The quantitative estimate of drug-likeness (QED) is 0.523. The number of fused-ring (bicyclic) bond motifs is 1. The predicted octanol–water partition coefficient (Wildman–Crippen LogP) is 3.57. The Morgan fingerprint density at radius 3 is 2.91 bits per heavy atom. The van der Waals surface area contributed by atoms with Crippen LogP contribution in [-0.2, 0) is 28.9 Å². The minimum Gasteiger partial charge on any atom is -0.462 e. The number of benzene rings is 1. The van der Waals surface area contributed by atoms with Gasteiger partial charge in [-0.3, -0.25) is 9.48 Å². The molecule has 3 heterocycles. The van der Waals surface area contributed by atoms with Crippen LogP contribution in [0.4, 0.5) is 4.39 Å². The van der Waals surface area contributed by atoms with E-state index in [0.717, 1.165) is 36.7 Å². The average molecular weight is 464 g/mol. The molecule has 2 aromatic rings. The summed E-state index contributed by atoms with van der Waals surface area (Å²) in [6, 6.07) is 3.59. The van der Waals surface area contributed by atoms with Crippen molar-refractivity contribution in [3.63, 3.8) is 0 Å². The smallest absolute Gasteiger partial charge is 0.339 e. The molecule has 1 aromatic carbocycles. The van der Waals surface area contributed by atoms with Crippen molar-refractivity contribution in [1.29, 1.82) is 0 Å². The Morgan fingerprint density at radius 2 is 2.16 bits per heavy atom. The van der Waals surface area contributed by atoms with Crippen molar-refractivity contribution in [3.8, 4) is 0 Å². The molecule has 0 aliphatic carbocycles. The lowest BCUT2D eigenvalue weighted by Crippen LogP contribution is -2.40. The van der Waals surface area contributed by atoms with Crippen LogP contribution in [0.5, 0.6) is 0 Å². The van der Waals surface area contributed by atoms with Crippen LogP contribution in [0, 0.1) is 11.2 Å². The maximum atomic E-state index is 13.4. The van der Waals surface area contributed by atoms with Gasteiger partial charge in [-0.05, 0) is 49.3 Å². The SMILES string of the molecule is CCc1nn(CCCOC(=O)c2cc(F)ccc2Cl)c2c1C(=O)NCC1(CCOCC1)C2. The number of amides is 1. The number of carbonyl (C=O) groups excluding carboxylic acids is 2. The van der Waals surface area contributed by atoms with E-state index in [1.54, 1.807) is 0 Å². The molecular formula is C23H27ClFN3O4. The highest BCUT2D eigenvalue weighted by Crippen LogP contribution is 2.37. The minimum absolute atomic E-state index is 0.00558. The van der Waals surface area contributed by atoms with Gasteiger partial charge in [0, 0.05) is 32.7 Å². The van der Waals surface area contributed by atoms with E-state index in [2.05, 4.69) is 5.32 Å². The van der Waals surface area contributed by atoms with E-state index in [-0.39, 0.29) is 28.5 Å². The van der Waals surface area contributed by atoms with Crippen LogP contribution >= 0.6 is 11.6 Å². The molecule has 32 heavy (non-hydrogen) atoms. The van der Waals surface area contributed by atoms with Crippen molar-refractivity contribution in [1.82, 2.24) is 15.1 Å². The molecule has 7 nitrogen and oxygen atoms in total. The molecule has 0 unspecified atom stereocenters. The molecule has 4 rings (SSSR count). The van der Waals surface area contributed by atoms with E-state index in [0.29, 0.717) is 44.7 Å². The molecule has 2 aliphatic heterocycles. The number of esters is 1. The summed E-state index contributed by atoms with van der Waals surface area (Å²) < 4.78 is 26.1. The fraction of sp³-hybridized carbons (Fsp3) is 0.522. The number of hydrogen-bond donors (Lipinski definition) is 1. The molecule has 172 valence electrons. The molecular weight excluding hydrogens is 437 g/mol. The standard InChI is InChI=1S/C23H27ClFN3O4/c1-2-18-20-19(13-23(14-26-21(20)29)6-10-31-11-7-23)28(27-18)8-3-9-32-22(30)16-12-15(25)4-5-17(16)24/h4-5,12H,2-3,6-11,13-14H2,1H3,(H,26,29). The van der Waals surface area contributed by atoms with Crippen molar-refractivity contribution in [2.75, 3.05) is 26.4 Å². The second-order valence-corrected chi connectivity index (χ2v) is 8.84. The highest BCUT2D eigenvalue weighted by molar-refractivity contribution is 6.33. The highest BCUT2D eigenvalue weighted by atomic mass is 35.5. The van der Waals surface area contributed by atoms with E-state index in [1.807, 2.05) is 11.6 Å². The first-order chi connectivity index (χ1) is 15.4. The molecule has 1 aromatic heterocycles. The summed E-state index contributed by atoms with van der Waals surface area (Å²) in [4.78, 5) is 25.1. The third kappa shape index (κ3) is 4.66. The van der Waals surface area contributed by atoms with Crippen LogP contribution in [0.15, 0.2) is 18.2 Å².